The van der Waals surface area contributed by atoms with Gasteiger partial charge in [-0.2, -0.15) is 10.1 Å². The molecule has 2 atom stereocenters. The van der Waals surface area contributed by atoms with Crippen LogP contribution in [0.15, 0.2) is 47.6 Å². The van der Waals surface area contributed by atoms with Crippen molar-refractivity contribution in [1.82, 2.24) is 34.9 Å². The van der Waals surface area contributed by atoms with Crippen molar-refractivity contribution in [3.63, 3.8) is 0 Å². The quantitative estimate of drug-likeness (QED) is 0.329. The minimum absolute atomic E-state index is 0.121. The Morgan fingerprint density at radius 3 is 2.66 bits per heavy atom. The summed E-state index contributed by atoms with van der Waals surface area (Å²) in [5, 5.41) is 8.66. The zero-order valence-corrected chi connectivity index (χ0v) is 21.9. The number of nitrogens with zero attached hydrogens (tertiary/aromatic N) is 7. The van der Waals surface area contributed by atoms with Crippen molar-refractivity contribution in [2.45, 2.75) is 64.5 Å². The van der Waals surface area contributed by atoms with Gasteiger partial charge in [-0.3, -0.25) is 14.5 Å². The summed E-state index contributed by atoms with van der Waals surface area (Å²) >= 11 is 0. The molecule has 0 spiro atoms. The summed E-state index contributed by atoms with van der Waals surface area (Å²) in [7, 11) is 0. The number of anilines is 1. The molecule has 0 amide bonds. The second-order valence-corrected chi connectivity index (χ2v) is 10.2. The van der Waals surface area contributed by atoms with Crippen molar-refractivity contribution in [2.24, 2.45) is 5.92 Å². The van der Waals surface area contributed by atoms with Crippen molar-refractivity contribution in [2.75, 3.05) is 12.3 Å². The molecule has 0 aromatic carbocycles. The molecule has 1 unspecified atom stereocenters. The van der Waals surface area contributed by atoms with Crippen molar-refractivity contribution in [1.29, 1.82) is 0 Å². The summed E-state index contributed by atoms with van der Waals surface area (Å²) in [6.07, 6.45) is 12.1. The first-order valence-corrected chi connectivity index (χ1v) is 12.9. The zero-order chi connectivity index (χ0) is 26.7. The summed E-state index contributed by atoms with van der Waals surface area (Å²) in [6, 6.07) is 3.93. The van der Waals surface area contributed by atoms with Gasteiger partial charge >= 0.3 is 0 Å². The molecule has 4 aromatic rings. The summed E-state index contributed by atoms with van der Waals surface area (Å²) in [6.45, 7) is 7.29. The van der Waals surface area contributed by atoms with Crippen LogP contribution < -0.4 is 5.73 Å². The molecule has 11 heteroatoms. The number of carbonyl (C=O) groups excluding carboxylic acids is 1. The van der Waals surface area contributed by atoms with Crippen molar-refractivity contribution < 1.29 is 14.1 Å². The molecular formula is C27H32N8O3. The Hall–Kier alpha value is -3.99. The van der Waals surface area contributed by atoms with Gasteiger partial charge in [0.25, 0.3) is 5.89 Å². The number of pyridine rings is 1. The Morgan fingerprint density at radius 1 is 1.16 bits per heavy atom. The van der Waals surface area contributed by atoms with Crippen LogP contribution in [0.5, 0.6) is 0 Å². The highest BCUT2D eigenvalue weighted by molar-refractivity contribution is 5.78. The number of hydrogen-bond acceptors (Lipinski definition) is 10. The number of rotatable bonds is 10. The van der Waals surface area contributed by atoms with Gasteiger partial charge in [0.1, 0.15) is 0 Å². The van der Waals surface area contributed by atoms with Crippen LogP contribution in [0.3, 0.4) is 0 Å². The van der Waals surface area contributed by atoms with Crippen LogP contribution in [0, 0.1) is 5.92 Å². The Labute approximate surface area is 220 Å². The minimum Gasteiger partial charge on any atom is -0.378 e. The van der Waals surface area contributed by atoms with E-state index in [2.05, 4.69) is 46.0 Å². The number of ketones is 1. The lowest BCUT2D eigenvalue weighted by atomic mass is 9.73. The van der Waals surface area contributed by atoms with Gasteiger partial charge in [-0.05, 0) is 43.7 Å². The highest BCUT2D eigenvalue weighted by Crippen LogP contribution is 2.38. The van der Waals surface area contributed by atoms with Gasteiger partial charge in [-0.1, -0.05) is 25.1 Å². The van der Waals surface area contributed by atoms with E-state index >= 15 is 0 Å². The standard InChI is InChI=1S/C27H32N8O3/c1-17(2)27(3,20-6-9-23(29-14-20)18-11-30-26(28)31-12-18)25-33-24(38-34-25)19-13-32-35(15-19)16-21(36)7-8-22-5-4-10-37-22/h6,9,11-15,17,22H,4-5,7-8,10,16H2,1-3H3,(H2,28,30,31)/t22?,27-/m1/s1. The maximum absolute atomic E-state index is 12.4. The second-order valence-electron chi connectivity index (χ2n) is 10.2. The van der Waals surface area contributed by atoms with Gasteiger partial charge in [0.05, 0.1) is 35.5 Å². The van der Waals surface area contributed by atoms with E-state index in [0.717, 1.165) is 42.7 Å². The number of nitrogen functional groups attached to an aromatic ring is 1. The predicted molar refractivity (Wildman–Crippen MR) is 140 cm³/mol. The molecule has 1 fully saturated rings. The Kier molecular flexibility index (Phi) is 7.28. The van der Waals surface area contributed by atoms with Gasteiger partial charge < -0.3 is 15.0 Å². The van der Waals surface area contributed by atoms with E-state index < -0.39 is 5.41 Å². The number of nitrogens with two attached hydrogens (primary N) is 1. The number of hydrogen-bond donors (Lipinski definition) is 1. The molecule has 0 bridgehead atoms. The van der Waals surface area contributed by atoms with Crippen LogP contribution in [0.25, 0.3) is 22.7 Å². The SMILES string of the molecule is CC(C)[C@](C)(c1ccc(-c2cnc(N)nc2)nc1)c1noc(-c2cnn(CC(=O)CCC3CCCO3)c2)n1. The van der Waals surface area contributed by atoms with Crippen molar-refractivity contribution in [3.8, 4) is 22.7 Å². The summed E-state index contributed by atoms with van der Waals surface area (Å²) in [5.74, 6) is 1.39. The maximum Gasteiger partial charge on any atom is 0.261 e. The monoisotopic (exact) mass is 516 g/mol. The average Bonchev–Trinajstić information content (AvgIpc) is 3.70. The van der Waals surface area contributed by atoms with E-state index in [-0.39, 0.29) is 30.3 Å². The van der Waals surface area contributed by atoms with Crippen molar-refractivity contribution >= 4 is 11.7 Å². The minimum atomic E-state index is -0.556. The Balaban J connectivity index is 1.30. The van der Waals surface area contributed by atoms with Gasteiger partial charge in [0.15, 0.2) is 11.6 Å². The van der Waals surface area contributed by atoms with E-state index in [1.54, 1.807) is 29.5 Å². The van der Waals surface area contributed by atoms with E-state index in [4.69, 9.17) is 20.0 Å². The molecular weight excluding hydrogens is 484 g/mol. The molecule has 0 aliphatic carbocycles. The Bertz CT molecular complexity index is 1370. The molecule has 5 rings (SSSR count). The molecule has 38 heavy (non-hydrogen) atoms. The number of carbonyl (C=O) groups is 1. The predicted octanol–water partition coefficient (Wildman–Crippen LogP) is 3.86. The van der Waals surface area contributed by atoms with Crippen LogP contribution in [0.2, 0.25) is 0 Å². The number of Topliss-reactive ketones (excluding diaryl/α,β-unsaturated/α-hetero) is 1. The Morgan fingerprint density at radius 2 is 1.97 bits per heavy atom. The third-order valence-corrected chi connectivity index (χ3v) is 7.36. The normalized spacial score (nSPS) is 17.1. The second kappa shape index (κ2) is 10.8. The zero-order valence-electron chi connectivity index (χ0n) is 21.9. The van der Waals surface area contributed by atoms with E-state index in [9.17, 15) is 4.79 Å². The molecule has 1 saturated heterocycles. The number of aromatic nitrogens is 7. The fourth-order valence-corrected chi connectivity index (χ4v) is 4.63. The van der Waals surface area contributed by atoms with Gasteiger partial charge in [-0.25, -0.2) is 9.97 Å². The summed E-state index contributed by atoms with van der Waals surface area (Å²) in [4.78, 5) is 29.9. The molecule has 2 N–H and O–H groups in total. The topological polar surface area (TPSA) is 148 Å². The highest BCUT2D eigenvalue weighted by Gasteiger charge is 2.38. The smallest absolute Gasteiger partial charge is 0.261 e. The van der Waals surface area contributed by atoms with Crippen LogP contribution >= 0.6 is 0 Å². The molecule has 1 aliphatic rings. The molecule has 5 heterocycles. The van der Waals surface area contributed by atoms with Crippen LogP contribution in [-0.4, -0.2) is 53.4 Å². The van der Waals surface area contributed by atoms with E-state index in [0.29, 0.717) is 23.7 Å². The molecule has 4 aromatic heterocycles. The lowest BCUT2D eigenvalue weighted by molar-refractivity contribution is -0.120. The largest absolute Gasteiger partial charge is 0.378 e. The molecule has 0 radical (unpaired) electrons. The molecule has 11 nitrogen and oxygen atoms in total. The lowest BCUT2D eigenvalue weighted by Crippen LogP contribution is -2.31. The highest BCUT2D eigenvalue weighted by atomic mass is 16.5. The first-order valence-electron chi connectivity index (χ1n) is 12.9. The third-order valence-electron chi connectivity index (χ3n) is 7.36. The van der Waals surface area contributed by atoms with Crippen molar-refractivity contribution in [3.05, 3.63) is 54.5 Å². The van der Waals surface area contributed by atoms with Gasteiger partial charge in [-0.15, -0.1) is 0 Å². The first kappa shape index (κ1) is 25.7. The summed E-state index contributed by atoms with van der Waals surface area (Å²) < 4.78 is 12.9. The molecule has 1 aliphatic heterocycles. The third kappa shape index (κ3) is 5.33. The average molecular weight is 517 g/mol. The van der Waals surface area contributed by atoms with E-state index in [1.165, 1.54) is 0 Å². The fraction of sp³-hybridized carbons (Fsp3) is 0.444. The van der Waals surface area contributed by atoms with Crippen LogP contribution in [-0.2, 0) is 21.5 Å². The van der Waals surface area contributed by atoms with Gasteiger partial charge in [0, 0.05) is 43.4 Å². The molecule has 0 saturated carbocycles. The van der Waals surface area contributed by atoms with Gasteiger partial charge in [0.2, 0.25) is 5.95 Å². The maximum atomic E-state index is 12.4. The summed E-state index contributed by atoms with van der Waals surface area (Å²) in [5.41, 5.74) is 8.18. The van der Waals surface area contributed by atoms with Crippen LogP contribution in [0.4, 0.5) is 5.95 Å². The number of ether oxygens (including phenoxy) is 1. The fourth-order valence-electron chi connectivity index (χ4n) is 4.63. The van der Waals surface area contributed by atoms with Crippen LogP contribution in [0.1, 0.15) is 57.8 Å². The van der Waals surface area contributed by atoms with E-state index in [1.807, 2.05) is 18.3 Å². The lowest BCUT2D eigenvalue weighted by Gasteiger charge is -2.30. The molecule has 198 valence electrons. The first-order chi connectivity index (χ1) is 18.3.